The van der Waals surface area contributed by atoms with Crippen molar-refractivity contribution in [1.82, 2.24) is 0 Å². The van der Waals surface area contributed by atoms with Gasteiger partial charge in [0, 0.05) is 5.69 Å². The largest absolute Gasteiger partial charge is 0.491 e. The molecule has 0 aliphatic heterocycles. The van der Waals surface area contributed by atoms with Gasteiger partial charge >= 0.3 is 0 Å². The third kappa shape index (κ3) is 5.53. The van der Waals surface area contributed by atoms with E-state index in [1.807, 2.05) is 19.9 Å². The lowest BCUT2D eigenvalue weighted by atomic mass is 10.1. The van der Waals surface area contributed by atoms with Crippen LogP contribution in [0.3, 0.4) is 0 Å². The Kier molecular flexibility index (Phi) is 6.46. The molecule has 0 bridgehead atoms. The average Bonchev–Trinajstić information content (AvgIpc) is 2.57. The number of nitrogens with zero attached hydrogens (tertiary/aromatic N) is 1. The zero-order valence-electron chi connectivity index (χ0n) is 13.7. The van der Waals surface area contributed by atoms with E-state index < -0.39 is 5.91 Å². The minimum atomic E-state index is -0.525. The van der Waals surface area contributed by atoms with E-state index in [0.717, 1.165) is 11.3 Å². The molecule has 2 rings (SSSR count). The summed E-state index contributed by atoms with van der Waals surface area (Å²) in [7, 11) is 0. The van der Waals surface area contributed by atoms with Crippen LogP contribution in [0.15, 0.2) is 48.0 Å². The third-order valence-corrected chi connectivity index (χ3v) is 3.84. The van der Waals surface area contributed by atoms with Crippen molar-refractivity contribution in [3.63, 3.8) is 0 Å². The number of ether oxygens (including phenoxy) is 1. The number of halogens is 2. The van der Waals surface area contributed by atoms with Crippen LogP contribution in [0, 0.1) is 11.3 Å². The quantitative estimate of drug-likeness (QED) is 0.568. The molecular weight excluding hydrogens is 359 g/mol. The highest BCUT2D eigenvalue weighted by Crippen LogP contribution is 2.25. The SMILES string of the molecule is CC(C)Oc1ccc(/C=C(\C#N)C(=O)Nc2ccc(Cl)c(Cl)c2)cc1. The Morgan fingerprint density at radius 3 is 2.40 bits per heavy atom. The van der Waals surface area contributed by atoms with Gasteiger partial charge in [0.05, 0.1) is 16.1 Å². The fourth-order valence-electron chi connectivity index (χ4n) is 2.00. The molecule has 6 heteroatoms. The molecule has 0 saturated heterocycles. The number of hydrogen-bond acceptors (Lipinski definition) is 3. The van der Waals surface area contributed by atoms with Crippen LogP contribution in [0.4, 0.5) is 5.69 Å². The van der Waals surface area contributed by atoms with Gasteiger partial charge in [0.2, 0.25) is 0 Å². The summed E-state index contributed by atoms with van der Waals surface area (Å²) in [5, 5.41) is 12.6. The Bertz CT molecular complexity index is 837. The number of carbonyl (C=O) groups excluding carboxylic acids is 1. The first kappa shape index (κ1) is 18.9. The van der Waals surface area contributed by atoms with E-state index in [0.29, 0.717) is 15.7 Å². The van der Waals surface area contributed by atoms with Crippen molar-refractivity contribution in [2.24, 2.45) is 0 Å². The van der Waals surface area contributed by atoms with E-state index in [2.05, 4.69) is 5.32 Å². The average molecular weight is 375 g/mol. The van der Waals surface area contributed by atoms with Crippen molar-refractivity contribution in [3.8, 4) is 11.8 Å². The lowest BCUT2D eigenvalue weighted by molar-refractivity contribution is -0.112. The Morgan fingerprint density at radius 2 is 1.84 bits per heavy atom. The predicted molar refractivity (Wildman–Crippen MR) is 101 cm³/mol. The Labute approximate surface area is 156 Å². The molecule has 0 heterocycles. The molecule has 0 spiro atoms. The maximum Gasteiger partial charge on any atom is 0.266 e. The van der Waals surface area contributed by atoms with Gasteiger partial charge in [-0.25, -0.2) is 0 Å². The van der Waals surface area contributed by atoms with Gasteiger partial charge in [-0.1, -0.05) is 35.3 Å². The number of carbonyl (C=O) groups is 1. The summed E-state index contributed by atoms with van der Waals surface area (Å²) in [5.74, 6) is 0.203. The van der Waals surface area contributed by atoms with Crippen LogP contribution in [-0.4, -0.2) is 12.0 Å². The number of hydrogen-bond donors (Lipinski definition) is 1. The van der Waals surface area contributed by atoms with Gasteiger partial charge in [0.25, 0.3) is 5.91 Å². The standard InChI is InChI=1S/C19H16Cl2N2O2/c1-12(2)25-16-6-3-13(4-7-16)9-14(11-22)19(24)23-15-5-8-17(20)18(21)10-15/h3-10,12H,1-2H3,(H,23,24)/b14-9+. The normalized spacial score (nSPS) is 11.1. The zero-order chi connectivity index (χ0) is 18.4. The van der Waals surface area contributed by atoms with E-state index >= 15 is 0 Å². The van der Waals surface area contributed by atoms with E-state index in [-0.39, 0.29) is 11.7 Å². The number of nitriles is 1. The van der Waals surface area contributed by atoms with Crippen LogP contribution < -0.4 is 10.1 Å². The topological polar surface area (TPSA) is 62.1 Å². The van der Waals surface area contributed by atoms with Crippen molar-refractivity contribution in [2.75, 3.05) is 5.32 Å². The number of benzene rings is 2. The van der Waals surface area contributed by atoms with Gasteiger partial charge < -0.3 is 10.1 Å². The summed E-state index contributed by atoms with van der Waals surface area (Å²) < 4.78 is 5.56. The molecule has 0 aliphatic rings. The predicted octanol–water partition coefficient (Wildman–Crippen LogP) is 5.33. The zero-order valence-corrected chi connectivity index (χ0v) is 15.2. The van der Waals surface area contributed by atoms with Gasteiger partial charge in [-0.2, -0.15) is 5.26 Å². The second-order valence-electron chi connectivity index (χ2n) is 5.49. The molecule has 0 aliphatic carbocycles. The van der Waals surface area contributed by atoms with Crippen LogP contribution in [0.2, 0.25) is 10.0 Å². The first-order valence-electron chi connectivity index (χ1n) is 7.54. The van der Waals surface area contributed by atoms with Crippen molar-refractivity contribution < 1.29 is 9.53 Å². The summed E-state index contributed by atoms with van der Waals surface area (Å²) in [6.45, 7) is 3.88. The van der Waals surface area contributed by atoms with Gasteiger partial charge in [-0.15, -0.1) is 0 Å². The van der Waals surface area contributed by atoms with Gasteiger partial charge in [-0.05, 0) is 55.8 Å². The molecule has 4 nitrogen and oxygen atoms in total. The summed E-state index contributed by atoms with van der Waals surface area (Å²) >= 11 is 11.8. The molecule has 0 aromatic heterocycles. The molecule has 0 fully saturated rings. The molecule has 0 unspecified atom stereocenters. The van der Waals surface area contributed by atoms with E-state index in [1.54, 1.807) is 36.4 Å². The second kappa shape index (κ2) is 8.57. The minimum absolute atomic E-state index is 0.0244. The number of anilines is 1. The lowest BCUT2D eigenvalue weighted by Gasteiger charge is -2.09. The highest BCUT2D eigenvalue weighted by atomic mass is 35.5. The second-order valence-corrected chi connectivity index (χ2v) is 6.30. The van der Waals surface area contributed by atoms with Crippen LogP contribution >= 0.6 is 23.2 Å². The molecular formula is C19H16Cl2N2O2. The molecule has 0 saturated carbocycles. The molecule has 0 radical (unpaired) electrons. The van der Waals surface area contributed by atoms with Crippen LogP contribution in [0.1, 0.15) is 19.4 Å². The van der Waals surface area contributed by atoms with Gasteiger partial charge in [0.1, 0.15) is 17.4 Å². The van der Waals surface area contributed by atoms with E-state index in [4.69, 9.17) is 27.9 Å². The molecule has 2 aromatic carbocycles. The smallest absolute Gasteiger partial charge is 0.266 e. The summed E-state index contributed by atoms with van der Waals surface area (Å²) in [5.41, 5.74) is 1.15. The lowest BCUT2D eigenvalue weighted by Crippen LogP contribution is -2.13. The number of amides is 1. The number of nitrogens with one attached hydrogen (secondary N) is 1. The van der Waals surface area contributed by atoms with Crippen molar-refractivity contribution in [3.05, 3.63) is 63.6 Å². The van der Waals surface area contributed by atoms with E-state index in [1.165, 1.54) is 12.1 Å². The molecule has 1 N–H and O–H groups in total. The Hall–Kier alpha value is -2.48. The maximum atomic E-state index is 12.3. The fourth-order valence-corrected chi connectivity index (χ4v) is 2.30. The van der Waals surface area contributed by atoms with Crippen molar-refractivity contribution in [1.29, 1.82) is 5.26 Å². The first-order valence-corrected chi connectivity index (χ1v) is 8.29. The molecule has 128 valence electrons. The first-order chi connectivity index (χ1) is 11.9. The molecule has 2 aromatic rings. The van der Waals surface area contributed by atoms with Crippen molar-refractivity contribution in [2.45, 2.75) is 20.0 Å². The fraction of sp³-hybridized carbons (Fsp3) is 0.158. The summed E-state index contributed by atoms with van der Waals surface area (Å²) in [6, 6.07) is 13.7. The van der Waals surface area contributed by atoms with Crippen molar-refractivity contribution >= 4 is 40.9 Å². The highest BCUT2D eigenvalue weighted by Gasteiger charge is 2.10. The number of rotatable bonds is 5. The highest BCUT2D eigenvalue weighted by molar-refractivity contribution is 6.42. The molecule has 25 heavy (non-hydrogen) atoms. The monoisotopic (exact) mass is 374 g/mol. The summed E-state index contributed by atoms with van der Waals surface area (Å²) in [6.07, 6.45) is 1.58. The summed E-state index contributed by atoms with van der Waals surface area (Å²) in [4.78, 5) is 12.3. The Balaban J connectivity index is 2.14. The third-order valence-electron chi connectivity index (χ3n) is 3.11. The minimum Gasteiger partial charge on any atom is -0.491 e. The molecule has 1 amide bonds. The maximum absolute atomic E-state index is 12.3. The van der Waals surface area contributed by atoms with Crippen LogP contribution in [0.5, 0.6) is 5.75 Å². The van der Waals surface area contributed by atoms with Gasteiger partial charge in [0.15, 0.2) is 0 Å². The molecule has 0 atom stereocenters. The Morgan fingerprint density at radius 1 is 1.16 bits per heavy atom. The van der Waals surface area contributed by atoms with Crippen LogP contribution in [0.25, 0.3) is 6.08 Å². The van der Waals surface area contributed by atoms with E-state index in [9.17, 15) is 10.1 Å². The van der Waals surface area contributed by atoms with Crippen LogP contribution in [-0.2, 0) is 4.79 Å². The van der Waals surface area contributed by atoms with Gasteiger partial charge in [-0.3, -0.25) is 4.79 Å².